The first kappa shape index (κ1) is 9.15. The van der Waals surface area contributed by atoms with Crippen LogP contribution in [0.3, 0.4) is 0 Å². The van der Waals surface area contributed by atoms with E-state index in [2.05, 4.69) is 5.73 Å². The molecule has 0 aromatic rings. The van der Waals surface area contributed by atoms with Crippen LogP contribution in [0.15, 0.2) is 11.6 Å². The van der Waals surface area contributed by atoms with Crippen LogP contribution < -0.4 is 5.73 Å². The molecule has 0 radical (unpaired) electrons. The van der Waals surface area contributed by atoms with E-state index < -0.39 is 23.4 Å². The lowest BCUT2D eigenvalue weighted by molar-refractivity contribution is -0.136. The van der Waals surface area contributed by atoms with E-state index in [-0.39, 0.29) is 6.08 Å². The maximum atomic E-state index is 10.2. The Morgan fingerprint density at radius 3 is 1.73 bits per heavy atom. The van der Waals surface area contributed by atoms with Crippen molar-refractivity contribution in [2.75, 3.05) is 0 Å². The molecule has 0 atom stereocenters. The van der Waals surface area contributed by atoms with E-state index >= 15 is 0 Å². The second kappa shape index (κ2) is 3.35. The molecule has 0 heterocycles. The van der Waals surface area contributed by atoms with E-state index in [9.17, 15) is 14.4 Å². The second-order valence-electron chi connectivity index (χ2n) is 1.57. The lowest BCUT2D eigenvalue weighted by atomic mass is 10.2. The summed E-state index contributed by atoms with van der Waals surface area (Å²) in [4.78, 5) is 30.1. The van der Waals surface area contributed by atoms with E-state index in [1.54, 1.807) is 0 Å². The van der Waals surface area contributed by atoms with Gasteiger partial charge in [0.15, 0.2) is 0 Å². The molecule has 0 aliphatic heterocycles. The third kappa shape index (κ3) is 2.99. The highest BCUT2D eigenvalue weighted by Crippen LogP contribution is 1.91. The summed E-state index contributed by atoms with van der Waals surface area (Å²) in [5.41, 5.74) is 3.59. The smallest absolute Gasteiger partial charge is 0.341 e. The number of carboxylic acid groups (broad SMARTS) is 2. The molecule has 0 saturated carbocycles. The number of aliphatic carboxylic acids is 2. The molecule has 60 valence electrons. The number of hydrogen-bond donors (Lipinski definition) is 3. The van der Waals surface area contributed by atoms with Gasteiger partial charge in [-0.3, -0.25) is 4.79 Å². The molecule has 0 unspecified atom stereocenters. The summed E-state index contributed by atoms with van der Waals surface area (Å²) in [6, 6.07) is 0. The van der Waals surface area contributed by atoms with Gasteiger partial charge < -0.3 is 15.9 Å². The number of hydrogen-bond acceptors (Lipinski definition) is 3. The summed E-state index contributed by atoms with van der Waals surface area (Å²) in [5, 5.41) is 16.2. The molecule has 0 aliphatic rings. The molecule has 6 nitrogen and oxygen atoms in total. The van der Waals surface area contributed by atoms with Gasteiger partial charge in [-0.2, -0.15) is 0 Å². The van der Waals surface area contributed by atoms with E-state index in [0.29, 0.717) is 0 Å². The lowest BCUT2D eigenvalue weighted by Gasteiger charge is -1.91. The Hall–Kier alpha value is -1.85. The van der Waals surface area contributed by atoms with Crippen LogP contribution in [0.1, 0.15) is 0 Å². The number of carboxylic acids is 2. The van der Waals surface area contributed by atoms with Crippen molar-refractivity contribution in [3.63, 3.8) is 0 Å². The minimum Gasteiger partial charge on any atom is -0.478 e. The fraction of sp³-hybridized carbons (Fsp3) is 0. The topological polar surface area (TPSA) is 118 Å². The summed E-state index contributed by atoms with van der Waals surface area (Å²) in [6.07, 6.45) is 0.241. The zero-order chi connectivity index (χ0) is 9.02. The average molecular weight is 159 g/mol. The van der Waals surface area contributed by atoms with Crippen molar-refractivity contribution in [3.8, 4) is 0 Å². The highest BCUT2D eigenvalue weighted by atomic mass is 16.4. The zero-order valence-corrected chi connectivity index (χ0v) is 5.27. The van der Waals surface area contributed by atoms with Crippen LogP contribution in [-0.2, 0) is 14.4 Å². The predicted octanol–water partition coefficient (Wildman–Crippen LogP) is -1.43. The summed E-state index contributed by atoms with van der Waals surface area (Å²) in [6.45, 7) is 0. The van der Waals surface area contributed by atoms with E-state index in [1.807, 2.05) is 0 Å². The highest BCUT2D eigenvalue weighted by molar-refractivity contribution is 6.17. The Morgan fingerprint density at radius 1 is 1.18 bits per heavy atom. The normalized spacial score (nSPS) is 10.7. The average Bonchev–Trinajstić information content (AvgIpc) is 1.81. The molecule has 6 heteroatoms. The number of amides is 1. The highest BCUT2D eigenvalue weighted by Gasteiger charge is 2.14. The van der Waals surface area contributed by atoms with E-state index in [4.69, 9.17) is 10.2 Å². The summed E-state index contributed by atoms with van der Waals surface area (Å²) in [7, 11) is 0. The summed E-state index contributed by atoms with van der Waals surface area (Å²) in [5.74, 6) is -4.46. The summed E-state index contributed by atoms with van der Waals surface area (Å²) >= 11 is 0. The van der Waals surface area contributed by atoms with Crippen molar-refractivity contribution in [2.45, 2.75) is 0 Å². The van der Waals surface area contributed by atoms with E-state index in [0.717, 1.165) is 0 Å². The van der Waals surface area contributed by atoms with Gasteiger partial charge in [-0.1, -0.05) is 0 Å². The van der Waals surface area contributed by atoms with Gasteiger partial charge >= 0.3 is 11.9 Å². The van der Waals surface area contributed by atoms with Crippen LogP contribution in [0.4, 0.5) is 0 Å². The molecule has 0 spiro atoms. The number of primary amides is 1. The molecular formula is C5H5NO5. The van der Waals surface area contributed by atoms with Crippen LogP contribution in [0, 0.1) is 0 Å². The molecule has 0 fully saturated rings. The Labute approximate surface area is 60.9 Å². The van der Waals surface area contributed by atoms with Gasteiger partial charge in [0.2, 0.25) is 0 Å². The SMILES string of the molecule is NC(=O)/C(=C/C(=O)O)C(=O)O. The van der Waals surface area contributed by atoms with Gasteiger partial charge in [0.25, 0.3) is 5.91 Å². The number of rotatable bonds is 3. The van der Waals surface area contributed by atoms with Crippen molar-refractivity contribution in [3.05, 3.63) is 11.6 Å². The molecule has 0 aromatic heterocycles. The first-order chi connectivity index (χ1) is 4.95. The van der Waals surface area contributed by atoms with Crippen molar-refractivity contribution >= 4 is 17.8 Å². The second-order valence-corrected chi connectivity index (χ2v) is 1.57. The van der Waals surface area contributed by atoms with Gasteiger partial charge in [-0.05, 0) is 0 Å². The van der Waals surface area contributed by atoms with Crippen molar-refractivity contribution in [2.24, 2.45) is 5.73 Å². The van der Waals surface area contributed by atoms with Gasteiger partial charge in [0, 0.05) is 6.08 Å². The third-order valence-electron chi connectivity index (χ3n) is 0.764. The molecule has 1 amide bonds. The molecule has 4 N–H and O–H groups in total. The molecule has 11 heavy (non-hydrogen) atoms. The predicted molar refractivity (Wildman–Crippen MR) is 32.5 cm³/mol. The third-order valence-corrected chi connectivity index (χ3v) is 0.764. The fourth-order valence-electron chi connectivity index (χ4n) is 0.362. The Balaban J connectivity index is 4.75. The standard InChI is InChI=1S/C5H5NO5/c6-4(9)2(5(10)11)1-3(7)8/h1H,(H2,6,9)(H,7,8)(H,10,11)/b2-1-. The fourth-order valence-corrected chi connectivity index (χ4v) is 0.362. The molecular weight excluding hydrogens is 154 g/mol. The summed E-state index contributed by atoms with van der Waals surface area (Å²) < 4.78 is 0. The quantitative estimate of drug-likeness (QED) is 0.265. The van der Waals surface area contributed by atoms with Crippen LogP contribution >= 0.6 is 0 Å². The maximum absolute atomic E-state index is 10.2. The Bertz CT molecular complexity index is 225. The largest absolute Gasteiger partial charge is 0.478 e. The van der Waals surface area contributed by atoms with Gasteiger partial charge in [0.05, 0.1) is 0 Å². The first-order valence-corrected chi connectivity index (χ1v) is 2.43. The van der Waals surface area contributed by atoms with Gasteiger partial charge in [-0.15, -0.1) is 0 Å². The molecule has 0 bridgehead atoms. The number of nitrogens with two attached hydrogens (primary N) is 1. The monoisotopic (exact) mass is 159 g/mol. The van der Waals surface area contributed by atoms with Crippen molar-refractivity contribution in [1.29, 1.82) is 0 Å². The molecule has 0 rings (SSSR count). The van der Waals surface area contributed by atoms with Gasteiger partial charge in [-0.25, -0.2) is 9.59 Å². The molecule has 0 saturated heterocycles. The van der Waals surface area contributed by atoms with Crippen LogP contribution in [-0.4, -0.2) is 28.1 Å². The number of carbonyl (C=O) groups is 3. The molecule has 0 aliphatic carbocycles. The van der Waals surface area contributed by atoms with Crippen LogP contribution in [0.5, 0.6) is 0 Å². The van der Waals surface area contributed by atoms with Crippen molar-refractivity contribution < 1.29 is 24.6 Å². The van der Waals surface area contributed by atoms with Gasteiger partial charge in [0.1, 0.15) is 5.57 Å². The maximum Gasteiger partial charge on any atom is 0.341 e. The van der Waals surface area contributed by atoms with Crippen LogP contribution in [0.25, 0.3) is 0 Å². The minimum absolute atomic E-state index is 0.241. The van der Waals surface area contributed by atoms with Crippen molar-refractivity contribution in [1.82, 2.24) is 0 Å². The first-order valence-electron chi connectivity index (χ1n) is 2.43. The van der Waals surface area contributed by atoms with Crippen LogP contribution in [0.2, 0.25) is 0 Å². The lowest BCUT2D eigenvalue weighted by Crippen LogP contribution is -2.21. The molecule has 0 aromatic carbocycles. The Morgan fingerprint density at radius 2 is 1.64 bits per heavy atom. The minimum atomic E-state index is -1.65. The Kier molecular flexibility index (Phi) is 2.79. The van der Waals surface area contributed by atoms with E-state index in [1.165, 1.54) is 0 Å². The zero-order valence-electron chi connectivity index (χ0n) is 5.27. The number of carbonyl (C=O) groups excluding carboxylic acids is 1.